The molecule has 74 valence electrons. The molecule has 0 bridgehead atoms. The van der Waals surface area contributed by atoms with Gasteiger partial charge in [0.1, 0.15) is 5.54 Å². The van der Waals surface area contributed by atoms with Crippen LogP contribution < -0.4 is 5.32 Å². The van der Waals surface area contributed by atoms with Crippen molar-refractivity contribution < 1.29 is 18.0 Å². The molecule has 0 radical (unpaired) electrons. The zero-order valence-corrected chi connectivity index (χ0v) is 7.16. The third-order valence-corrected chi connectivity index (χ3v) is 2.03. The summed E-state index contributed by atoms with van der Waals surface area (Å²) in [7, 11) is 0. The highest BCUT2D eigenvalue weighted by atomic mass is 19.4. The Labute approximate surface area is 73.8 Å². The molecule has 2 nitrogen and oxygen atoms in total. The van der Waals surface area contributed by atoms with Gasteiger partial charge in [0, 0.05) is 5.57 Å². The second-order valence-electron chi connectivity index (χ2n) is 3.31. The number of carbonyl (C=O) groups is 1. The van der Waals surface area contributed by atoms with Crippen LogP contribution in [0.2, 0.25) is 0 Å². The summed E-state index contributed by atoms with van der Waals surface area (Å²) in [6.07, 6.45) is -4.41. The number of nitrogens with one attached hydrogen (secondary N) is 1. The first kappa shape index (κ1) is 10.1. The number of hydrogen-bond acceptors (Lipinski definition) is 1. The van der Waals surface area contributed by atoms with Crippen LogP contribution in [0.1, 0.15) is 19.8 Å². The van der Waals surface area contributed by atoms with Crippen molar-refractivity contribution in [1.82, 2.24) is 5.32 Å². The molecular formula is C8H10F3NO. The molecule has 5 heteroatoms. The van der Waals surface area contributed by atoms with Crippen LogP contribution in [-0.2, 0) is 4.79 Å². The lowest BCUT2D eigenvalue weighted by molar-refractivity contribution is -0.169. The van der Waals surface area contributed by atoms with Crippen molar-refractivity contribution in [2.45, 2.75) is 31.5 Å². The average molecular weight is 193 g/mol. The topological polar surface area (TPSA) is 29.1 Å². The number of amides is 1. The molecule has 1 aliphatic carbocycles. The van der Waals surface area contributed by atoms with Gasteiger partial charge in [0.2, 0.25) is 5.91 Å². The van der Waals surface area contributed by atoms with E-state index < -0.39 is 17.6 Å². The van der Waals surface area contributed by atoms with Gasteiger partial charge in [-0.05, 0) is 19.8 Å². The third-order valence-electron chi connectivity index (χ3n) is 2.03. The fourth-order valence-corrected chi connectivity index (χ4v) is 0.928. The van der Waals surface area contributed by atoms with Crippen molar-refractivity contribution in [2.24, 2.45) is 0 Å². The Morgan fingerprint density at radius 1 is 1.46 bits per heavy atom. The first-order valence-corrected chi connectivity index (χ1v) is 3.83. The Bertz CT molecular complexity index is 253. The fraction of sp³-hybridized carbons (Fsp3) is 0.625. The maximum Gasteiger partial charge on any atom is 0.411 e. The molecule has 1 fully saturated rings. The van der Waals surface area contributed by atoms with E-state index in [1.807, 2.05) is 5.32 Å². The van der Waals surface area contributed by atoms with Gasteiger partial charge in [0.05, 0.1) is 0 Å². The number of hydrogen-bond donors (Lipinski definition) is 1. The van der Waals surface area contributed by atoms with Crippen molar-refractivity contribution in [3.63, 3.8) is 0 Å². The standard InChI is InChI=1S/C8H10F3NO/c1-5(2)6(13)12-7(3-4-7)8(9,10)11/h1,3-4H2,2H3,(H,12,13). The van der Waals surface area contributed by atoms with E-state index in [1.54, 1.807) is 0 Å². The summed E-state index contributed by atoms with van der Waals surface area (Å²) >= 11 is 0. The minimum absolute atomic E-state index is 0.0322. The minimum atomic E-state index is -4.35. The smallest absolute Gasteiger partial charge is 0.338 e. The van der Waals surface area contributed by atoms with E-state index in [9.17, 15) is 18.0 Å². The molecule has 0 spiro atoms. The van der Waals surface area contributed by atoms with Gasteiger partial charge in [-0.25, -0.2) is 0 Å². The third kappa shape index (κ3) is 1.84. The number of alkyl halides is 3. The molecule has 0 aromatic carbocycles. The molecule has 0 atom stereocenters. The van der Waals surface area contributed by atoms with Crippen molar-refractivity contribution in [3.8, 4) is 0 Å². The molecule has 0 aromatic rings. The summed E-state index contributed by atoms with van der Waals surface area (Å²) in [5.74, 6) is -0.727. The molecule has 0 aromatic heterocycles. The highest BCUT2D eigenvalue weighted by Crippen LogP contribution is 2.48. The SMILES string of the molecule is C=C(C)C(=O)NC1(C(F)(F)F)CC1. The summed E-state index contributed by atoms with van der Waals surface area (Å²) in [5.41, 5.74) is -1.88. The lowest BCUT2D eigenvalue weighted by Gasteiger charge is -2.20. The van der Waals surface area contributed by atoms with Crippen LogP contribution in [0.15, 0.2) is 12.2 Å². The van der Waals surface area contributed by atoms with E-state index in [-0.39, 0.29) is 18.4 Å². The number of halogens is 3. The molecule has 1 rings (SSSR count). The zero-order valence-electron chi connectivity index (χ0n) is 7.16. The monoisotopic (exact) mass is 193 g/mol. The summed E-state index contributed by atoms with van der Waals surface area (Å²) < 4.78 is 36.8. The van der Waals surface area contributed by atoms with Crippen LogP contribution in [0.4, 0.5) is 13.2 Å². The van der Waals surface area contributed by atoms with Crippen LogP contribution in [-0.4, -0.2) is 17.6 Å². The normalized spacial score (nSPS) is 19.4. The van der Waals surface area contributed by atoms with Crippen molar-refractivity contribution >= 4 is 5.91 Å². The Hall–Kier alpha value is -1.00. The van der Waals surface area contributed by atoms with Crippen LogP contribution in [0.5, 0.6) is 0 Å². The molecule has 0 aliphatic heterocycles. The van der Waals surface area contributed by atoms with Crippen LogP contribution in [0.25, 0.3) is 0 Å². The van der Waals surface area contributed by atoms with E-state index in [4.69, 9.17) is 0 Å². The summed E-state index contributed by atoms with van der Waals surface area (Å²) in [6, 6.07) is 0. The molecule has 13 heavy (non-hydrogen) atoms. The molecule has 0 unspecified atom stereocenters. The first-order valence-electron chi connectivity index (χ1n) is 3.83. The van der Waals surface area contributed by atoms with Gasteiger partial charge < -0.3 is 5.32 Å². The summed E-state index contributed by atoms with van der Waals surface area (Å²) in [4.78, 5) is 10.9. The molecule has 0 saturated heterocycles. The van der Waals surface area contributed by atoms with E-state index in [0.29, 0.717) is 0 Å². The lowest BCUT2D eigenvalue weighted by Crippen LogP contribution is -2.48. The predicted molar refractivity (Wildman–Crippen MR) is 41.0 cm³/mol. The Morgan fingerprint density at radius 3 is 2.15 bits per heavy atom. The van der Waals surface area contributed by atoms with Gasteiger partial charge >= 0.3 is 6.18 Å². The quantitative estimate of drug-likeness (QED) is 0.665. The molecule has 1 saturated carbocycles. The average Bonchev–Trinajstić information content (AvgIpc) is 2.66. The molecule has 0 heterocycles. The zero-order chi connectivity index (χ0) is 10.3. The van der Waals surface area contributed by atoms with Gasteiger partial charge in [0.15, 0.2) is 0 Å². The molecule has 1 aliphatic rings. The fourth-order valence-electron chi connectivity index (χ4n) is 0.928. The second-order valence-corrected chi connectivity index (χ2v) is 3.31. The van der Waals surface area contributed by atoms with Gasteiger partial charge in [-0.2, -0.15) is 13.2 Å². The predicted octanol–water partition coefficient (Wildman–Crippen LogP) is 1.77. The maximum absolute atomic E-state index is 12.3. The highest BCUT2D eigenvalue weighted by molar-refractivity contribution is 5.93. The van der Waals surface area contributed by atoms with Gasteiger partial charge in [-0.1, -0.05) is 6.58 Å². The van der Waals surface area contributed by atoms with Gasteiger partial charge in [-0.15, -0.1) is 0 Å². The van der Waals surface area contributed by atoms with Crippen molar-refractivity contribution in [3.05, 3.63) is 12.2 Å². The van der Waals surface area contributed by atoms with Crippen molar-refractivity contribution in [2.75, 3.05) is 0 Å². The molecular weight excluding hydrogens is 183 g/mol. The highest BCUT2D eigenvalue weighted by Gasteiger charge is 2.64. The summed E-state index contributed by atoms with van der Waals surface area (Å²) in [5, 5.41) is 1.94. The van der Waals surface area contributed by atoms with Crippen LogP contribution >= 0.6 is 0 Å². The Balaban J connectivity index is 2.64. The Kier molecular flexibility index (Phi) is 2.13. The maximum atomic E-state index is 12.3. The minimum Gasteiger partial charge on any atom is -0.338 e. The van der Waals surface area contributed by atoms with E-state index >= 15 is 0 Å². The molecule has 1 amide bonds. The summed E-state index contributed by atoms with van der Waals surface area (Å²) in [6.45, 7) is 4.65. The van der Waals surface area contributed by atoms with Crippen LogP contribution in [0, 0.1) is 0 Å². The Morgan fingerprint density at radius 2 is 1.92 bits per heavy atom. The van der Waals surface area contributed by atoms with Gasteiger partial charge in [0.25, 0.3) is 0 Å². The number of carbonyl (C=O) groups excluding carboxylic acids is 1. The second kappa shape index (κ2) is 2.75. The van der Waals surface area contributed by atoms with E-state index in [2.05, 4.69) is 6.58 Å². The number of rotatable bonds is 2. The van der Waals surface area contributed by atoms with E-state index in [0.717, 1.165) is 0 Å². The lowest BCUT2D eigenvalue weighted by atomic mass is 10.2. The largest absolute Gasteiger partial charge is 0.411 e. The van der Waals surface area contributed by atoms with Gasteiger partial charge in [-0.3, -0.25) is 4.79 Å². The van der Waals surface area contributed by atoms with Crippen molar-refractivity contribution in [1.29, 1.82) is 0 Å². The first-order chi connectivity index (χ1) is 5.78. The van der Waals surface area contributed by atoms with Crippen LogP contribution in [0.3, 0.4) is 0 Å². The van der Waals surface area contributed by atoms with E-state index in [1.165, 1.54) is 6.92 Å². The molecule has 1 N–H and O–H groups in total.